The van der Waals surface area contributed by atoms with Gasteiger partial charge in [-0.3, -0.25) is 0 Å². The Morgan fingerprint density at radius 2 is 1.65 bits per heavy atom. The van der Waals surface area contributed by atoms with Crippen LogP contribution in [0.4, 0.5) is 8.78 Å². The molecule has 1 aromatic carbocycles. The van der Waals surface area contributed by atoms with Crippen molar-refractivity contribution in [2.24, 2.45) is 0 Å². The van der Waals surface area contributed by atoms with E-state index in [0.717, 1.165) is 6.07 Å². The lowest BCUT2D eigenvalue weighted by atomic mass is 9.74. The molecule has 5 heteroatoms. The second-order valence-electron chi connectivity index (χ2n) is 4.10. The van der Waals surface area contributed by atoms with Gasteiger partial charge in [-0.05, 0) is 43.6 Å². The van der Waals surface area contributed by atoms with Gasteiger partial charge in [-0.1, -0.05) is 0 Å². The van der Waals surface area contributed by atoms with Gasteiger partial charge in [-0.2, -0.15) is 5.26 Å². The Bertz CT molecular complexity index is 416. The van der Waals surface area contributed by atoms with Crippen molar-refractivity contribution in [3.8, 4) is 6.07 Å². The quantitative estimate of drug-likeness (QED) is 0.840. The molecule has 2 nitrogen and oxygen atoms in total. The molecule has 0 amide bonds. The number of piperidine rings is 1. The smallest absolute Gasteiger partial charge is 0.126 e. The van der Waals surface area contributed by atoms with Gasteiger partial charge in [0.05, 0.1) is 11.5 Å². The topological polar surface area (TPSA) is 35.8 Å². The molecule has 0 aromatic heterocycles. The van der Waals surface area contributed by atoms with Gasteiger partial charge < -0.3 is 5.32 Å². The Balaban J connectivity index is 0.00000144. The molecule has 1 fully saturated rings. The van der Waals surface area contributed by atoms with Crippen LogP contribution < -0.4 is 5.32 Å². The summed E-state index contributed by atoms with van der Waals surface area (Å²) in [6.07, 6.45) is 1.18. The van der Waals surface area contributed by atoms with Gasteiger partial charge in [0.25, 0.3) is 0 Å². The van der Waals surface area contributed by atoms with Gasteiger partial charge in [-0.25, -0.2) is 8.78 Å². The van der Waals surface area contributed by atoms with E-state index in [0.29, 0.717) is 31.5 Å². The number of nitrogens with one attached hydrogen (secondary N) is 1. The first kappa shape index (κ1) is 13.9. The fourth-order valence-corrected chi connectivity index (χ4v) is 2.15. The second kappa shape index (κ2) is 5.44. The maximum absolute atomic E-state index is 13.1. The van der Waals surface area contributed by atoms with E-state index in [2.05, 4.69) is 11.4 Å². The molecule has 17 heavy (non-hydrogen) atoms. The minimum absolute atomic E-state index is 0. The lowest BCUT2D eigenvalue weighted by molar-refractivity contribution is 0.379. The summed E-state index contributed by atoms with van der Waals surface area (Å²) in [5.74, 6) is -1.24. The van der Waals surface area contributed by atoms with Crippen molar-refractivity contribution < 1.29 is 8.78 Å². The van der Waals surface area contributed by atoms with E-state index < -0.39 is 17.0 Å². The number of nitriles is 1. The van der Waals surface area contributed by atoms with Gasteiger partial charge in [-0.15, -0.1) is 12.4 Å². The highest BCUT2D eigenvalue weighted by Crippen LogP contribution is 2.33. The van der Waals surface area contributed by atoms with Crippen LogP contribution in [0.3, 0.4) is 0 Å². The van der Waals surface area contributed by atoms with Crippen molar-refractivity contribution in [2.75, 3.05) is 13.1 Å². The maximum Gasteiger partial charge on any atom is 0.126 e. The third kappa shape index (κ3) is 2.74. The molecule has 0 unspecified atom stereocenters. The summed E-state index contributed by atoms with van der Waals surface area (Å²) in [6.45, 7) is 1.40. The minimum atomic E-state index is -0.742. The van der Waals surface area contributed by atoms with Crippen LogP contribution in [0.25, 0.3) is 0 Å². The summed E-state index contributed by atoms with van der Waals surface area (Å²) in [5, 5.41) is 12.4. The Hall–Kier alpha value is -1.18. The molecular formula is C12H13ClF2N2. The number of rotatable bonds is 1. The number of halogens is 3. The molecule has 2 rings (SSSR count). The predicted molar refractivity (Wildman–Crippen MR) is 63.0 cm³/mol. The Kier molecular flexibility index (Phi) is 4.44. The lowest BCUT2D eigenvalue weighted by Crippen LogP contribution is -2.39. The molecule has 1 saturated heterocycles. The zero-order valence-corrected chi connectivity index (χ0v) is 9.99. The Morgan fingerprint density at radius 3 is 2.12 bits per heavy atom. The largest absolute Gasteiger partial charge is 0.317 e. The van der Waals surface area contributed by atoms with Gasteiger partial charge in [0.15, 0.2) is 0 Å². The zero-order chi connectivity index (χ0) is 11.6. The molecule has 1 heterocycles. The van der Waals surface area contributed by atoms with Crippen LogP contribution in [-0.2, 0) is 5.41 Å². The summed E-state index contributed by atoms with van der Waals surface area (Å²) in [4.78, 5) is 0. The van der Waals surface area contributed by atoms with E-state index >= 15 is 0 Å². The van der Waals surface area contributed by atoms with Crippen molar-refractivity contribution in [1.82, 2.24) is 5.32 Å². The van der Waals surface area contributed by atoms with Crippen LogP contribution in [0.5, 0.6) is 0 Å². The molecule has 0 bridgehead atoms. The number of benzene rings is 1. The summed E-state index contributed by atoms with van der Waals surface area (Å²) in [7, 11) is 0. The molecule has 1 aliphatic rings. The van der Waals surface area contributed by atoms with E-state index in [1.54, 1.807) is 0 Å². The SMILES string of the molecule is Cl.N#CC1(c2cc(F)cc(F)c2)CCNCC1. The Labute approximate surface area is 105 Å². The maximum atomic E-state index is 13.1. The molecular weight excluding hydrogens is 246 g/mol. The van der Waals surface area contributed by atoms with E-state index in [9.17, 15) is 14.0 Å². The lowest BCUT2D eigenvalue weighted by Gasteiger charge is -2.31. The molecule has 0 saturated carbocycles. The zero-order valence-electron chi connectivity index (χ0n) is 9.17. The molecule has 1 aromatic rings. The first-order chi connectivity index (χ1) is 7.66. The van der Waals surface area contributed by atoms with Crippen molar-refractivity contribution in [1.29, 1.82) is 5.26 Å². The van der Waals surface area contributed by atoms with Crippen LogP contribution in [0, 0.1) is 23.0 Å². The molecule has 1 aliphatic heterocycles. The average molecular weight is 259 g/mol. The fourth-order valence-electron chi connectivity index (χ4n) is 2.15. The number of hydrogen-bond acceptors (Lipinski definition) is 2. The minimum Gasteiger partial charge on any atom is -0.317 e. The van der Waals surface area contributed by atoms with Crippen LogP contribution in [-0.4, -0.2) is 13.1 Å². The highest BCUT2D eigenvalue weighted by Gasteiger charge is 2.34. The van der Waals surface area contributed by atoms with Gasteiger partial charge in [0.1, 0.15) is 11.6 Å². The average Bonchev–Trinajstić information content (AvgIpc) is 2.28. The Morgan fingerprint density at radius 1 is 1.12 bits per heavy atom. The molecule has 0 atom stereocenters. The summed E-state index contributed by atoms with van der Waals surface area (Å²) >= 11 is 0. The van der Waals surface area contributed by atoms with Gasteiger partial charge in [0, 0.05) is 6.07 Å². The van der Waals surface area contributed by atoms with Crippen molar-refractivity contribution >= 4 is 12.4 Å². The molecule has 92 valence electrons. The van der Waals surface area contributed by atoms with E-state index in [1.807, 2.05) is 0 Å². The third-order valence-corrected chi connectivity index (χ3v) is 3.09. The van der Waals surface area contributed by atoms with Crippen molar-refractivity contribution in [3.05, 3.63) is 35.4 Å². The highest BCUT2D eigenvalue weighted by atomic mass is 35.5. The predicted octanol–water partition coefficient (Wildman–Crippen LogP) is 2.53. The molecule has 0 radical (unpaired) electrons. The summed E-state index contributed by atoms with van der Waals surface area (Å²) in [6, 6.07) is 5.57. The van der Waals surface area contributed by atoms with Crippen LogP contribution in [0.15, 0.2) is 18.2 Å². The van der Waals surface area contributed by atoms with E-state index in [-0.39, 0.29) is 12.4 Å². The molecule has 1 N–H and O–H groups in total. The van der Waals surface area contributed by atoms with Crippen molar-refractivity contribution in [3.63, 3.8) is 0 Å². The normalized spacial score (nSPS) is 17.9. The van der Waals surface area contributed by atoms with Gasteiger partial charge >= 0.3 is 0 Å². The van der Waals surface area contributed by atoms with E-state index in [4.69, 9.17) is 0 Å². The highest BCUT2D eigenvalue weighted by molar-refractivity contribution is 5.85. The fraction of sp³-hybridized carbons (Fsp3) is 0.417. The van der Waals surface area contributed by atoms with Crippen LogP contribution in [0.1, 0.15) is 18.4 Å². The first-order valence-electron chi connectivity index (χ1n) is 5.25. The van der Waals surface area contributed by atoms with Crippen molar-refractivity contribution in [2.45, 2.75) is 18.3 Å². The monoisotopic (exact) mass is 258 g/mol. The standard InChI is InChI=1S/C12H12F2N2.ClH/c13-10-5-9(6-11(14)7-10)12(8-15)1-3-16-4-2-12;/h5-7,16H,1-4H2;1H. The number of hydrogen-bond donors (Lipinski definition) is 1. The van der Waals surface area contributed by atoms with E-state index in [1.165, 1.54) is 12.1 Å². The first-order valence-corrected chi connectivity index (χ1v) is 5.25. The summed E-state index contributed by atoms with van der Waals surface area (Å²) in [5.41, 5.74) is -0.289. The number of nitrogens with zero attached hydrogens (tertiary/aromatic N) is 1. The van der Waals surface area contributed by atoms with Gasteiger partial charge in [0.2, 0.25) is 0 Å². The summed E-state index contributed by atoms with van der Waals surface area (Å²) < 4.78 is 26.2. The van der Waals surface area contributed by atoms with Crippen LogP contribution >= 0.6 is 12.4 Å². The second-order valence-corrected chi connectivity index (χ2v) is 4.10. The molecule has 0 spiro atoms. The van der Waals surface area contributed by atoms with Crippen LogP contribution in [0.2, 0.25) is 0 Å². The third-order valence-electron chi connectivity index (χ3n) is 3.09. The molecule has 0 aliphatic carbocycles.